The Kier molecular flexibility index (Phi) is 73.1. The summed E-state index contributed by atoms with van der Waals surface area (Å²) in [5, 5.41) is 15.9. The summed E-state index contributed by atoms with van der Waals surface area (Å²) in [5.74, 6) is 5.02. The zero-order valence-electron chi connectivity index (χ0n) is 50.1. The summed E-state index contributed by atoms with van der Waals surface area (Å²) in [7, 11) is 1.00. The molecule has 1 aromatic carbocycles. The first-order chi connectivity index (χ1) is 30.8. The van der Waals surface area contributed by atoms with Crippen LogP contribution in [0.15, 0.2) is 72.1 Å². The summed E-state index contributed by atoms with van der Waals surface area (Å²) in [6.07, 6.45) is 27.2. The molecule has 0 spiro atoms. The predicted molar refractivity (Wildman–Crippen MR) is 307 cm³/mol. The Bertz CT molecular complexity index is 1240. The highest BCUT2D eigenvalue weighted by atomic mass is 16.5. The molecule has 66 heavy (non-hydrogen) atoms. The fraction of sp³-hybridized carbons (Fsp3) is 0.726. The first kappa shape index (κ1) is 83.0. The molecule has 0 bridgehead atoms. The van der Waals surface area contributed by atoms with Crippen LogP contribution in [0.2, 0.25) is 0 Å². The van der Waals surface area contributed by atoms with Crippen LogP contribution < -0.4 is 4.74 Å². The van der Waals surface area contributed by atoms with E-state index in [2.05, 4.69) is 135 Å². The van der Waals surface area contributed by atoms with Crippen molar-refractivity contribution >= 4 is 5.78 Å². The van der Waals surface area contributed by atoms with Crippen LogP contribution in [0.1, 0.15) is 263 Å². The number of unbranched alkanes of at least 4 members (excludes halogenated alkanes) is 2. The number of carbonyl (C=O) groups is 1. The maximum atomic E-state index is 11.3. The van der Waals surface area contributed by atoms with Crippen molar-refractivity contribution in [1.29, 1.82) is 0 Å². The number of aliphatic hydroxyl groups excluding tert-OH is 2. The number of allylic oxidation sites excluding steroid dienone is 6. The van der Waals surface area contributed by atoms with Crippen molar-refractivity contribution in [2.45, 2.75) is 264 Å². The summed E-state index contributed by atoms with van der Waals surface area (Å²) in [6, 6.07) is 7.62. The maximum Gasteiger partial charge on any atom is 0.136 e. The van der Waals surface area contributed by atoms with Gasteiger partial charge in [0.1, 0.15) is 23.4 Å². The largest absolute Gasteiger partial charge is 0.508 e. The molecule has 4 heteroatoms. The van der Waals surface area contributed by atoms with E-state index >= 15 is 0 Å². The molecule has 0 saturated heterocycles. The van der Waals surface area contributed by atoms with Gasteiger partial charge in [-0.3, -0.25) is 4.79 Å². The van der Waals surface area contributed by atoms with E-state index in [0.717, 1.165) is 36.8 Å². The van der Waals surface area contributed by atoms with Gasteiger partial charge in [0.15, 0.2) is 0 Å². The predicted octanol–water partition coefficient (Wildman–Crippen LogP) is 21.0. The van der Waals surface area contributed by atoms with Crippen LogP contribution >= 0.6 is 0 Å². The molecule has 2 unspecified atom stereocenters. The Labute approximate surface area is 418 Å². The van der Waals surface area contributed by atoms with E-state index in [1.54, 1.807) is 13.0 Å². The molecule has 2 N–H and O–H groups in total. The summed E-state index contributed by atoms with van der Waals surface area (Å²) < 4.78 is 5.81. The fourth-order valence-electron chi connectivity index (χ4n) is 4.33. The third-order valence-corrected chi connectivity index (χ3v) is 10.5. The summed E-state index contributed by atoms with van der Waals surface area (Å²) in [6.45, 7) is 60.2. The first-order valence-corrected chi connectivity index (χ1v) is 26.3. The molecule has 0 fully saturated rings. The van der Waals surface area contributed by atoms with Gasteiger partial charge in [-0.05, 0) is 125 Å². The fourth-order valence-corrected chi connectivity index (χ4v) is 4.33. The van der Waals surface area contributed by atoms with Crippen LogP contribution in [-0.2, 0) is 4.79 Å². The number of hydrogen-bond acceptors (Lipinski definition) is 4. The first-order valence-electron chi connectivity index (χ1n) is 26.3. The summed E-state index contributed by atoms with van der Waals surface area (Å²) in [5.41, 5.74) is 4.18. The molecule has 394 valence electrons. The molecule has 1 aromatic rings. The van der Waals surface area contributed by atoms with Gasteiger partial charge in [0.25, 0.3) is 0 Å². The molecular weight excluding hydrogens is 809 g/mol. The molecule has 0 amide bonds. The van der Waals surface area contributed by atoms with Crippen LogP contribution in [-0.4, -0.2) is 29.2 Å². The SMILES string of the molecule is C#Cc1ccc(O[C@@H](C)C(C)(C)C)cc1.C/C=C(O)/C(C)=C/C.C=C(C)CC.CC.CC.CC.CCC.CCC(C)(C)C.CCCC.CCCC[C@](C)(CC)C1C=CC(C(C)=O)CC1.CO. The van der Waals surface area contributed by atoms with E-state index in [0.29, 0.717) is 28.3 Å². The lowest BCUT2D eigenvalue weighted by atomic mass is 9.67. The van der Waals surface area contributed by atoms with E-state index < -0.39 is 0 Å². The molecule has 0 saturated carbocycles. The molecule has 1 aliphatic rings. The second kappa shape index (κ2) is 58.1. The van der Waals surface area contributed by atoms with Crippen LogP contribution in [0.4, 0.5) is 0 Å². The van der Waals surface area contributed by atoms with E-state index in [-0.39, 0.29) is 17.4 Å². The number of aliphatic hydroxyl groups is 2. The molecule has 2 rings (SSSR count). The zero-order valence-corrected chi connectivity index (χ0v) is 50.1. The van der Waals surface area contributed by atoms with Gasteiger partial charge in [-0.1, -0.05) is 220 Å². The molecule has 4 nitrogen and oxygen atoms in total. The second-order valence-corrected chi connectivity index (χ2v) is 18.3. The number of Topliss-reactive ketones (excluding diaryl/α,β-unsaturated/α-hetero) is 1. The highest BCUT2D eigenvalue weighted by Crippen LogP contribution is 2.42. The van der Waals surface area contributed by atoms with Crippen LogP contribution in [0.3, 0.4) is 0 Å². The van der Waals surface area contributed by atoms with Gasteiger partial charge in [-0.2, -0.15) is 0 Å². The topological polar surface area (TPSA) is 66.8 Å². The normalized spacial score (nSPS) is 14.6. The third-order valence-electron chi connectivity index (χ3n) is 10.5. The van der Waals surface area contributed by atoms with Crippen LogP contribution in [0, 0.1) is 40.4 Å². The number of ether oxygens (including phenoxy) is 1. The monoisotopic (exact) mass is 931 g/mol. The average Bonchev–Trinajstić information content (AvgIpc) is 3.33. The molecule has 0 radical (unpaired) electrons. The van der Waals surface area contributed by atoms with Gasteiger partial charge in [0.05, 0.1) is 0 Å². The number of rotatable bonds is 11. The van der Waals surface area contributed by atoms with Crippen molar-refractivity contribution in [2.24, 2.45) is 28.1 Å². The van der Waals surface area contributed by atoms with Gasteiger partial charge in [-0.25, -0.2) is 0 Å². The van der Waals surface area contributed by atoms with Crippen molar-refractivity contribution in [3.8, 4) is 18.1 Å². The van der Waals surface area contributed by atoms with E-state index in [9.17, 15) is 4.79 Å². The van der Waals surface area contributed by atoms with Crippen molar-refractivity contribution in [3.63, 3.8) is 0 Å². The van der Waals surface area contributed by atoms with E-state index in [1.165, 1.54) is 63.4 Å². The zero-order chi connectivity index (χ0) is 54.5. The molecule has 0 aromatic heterocycles. The summed E-state index contributed by atoms with van der Waals surface area (Å²) in [4.78, 5) is 11.3. The van der Waals surface area contributed by atoms with Gasteiger partial charge in [0.2, 0.25) is 0 Å². The Morgan fingerprint density at radius 3 is 1.39 bits per heavy atom. The van der Waals surface area contributed by atoms with Crippen molar-refractivity contribution in [3.05, 3.63) is 77.6 Å². The second-order valence-electron chi connectivity index (χ2n) is 18.3. The number of benzene rings is 1. The highest BCUT2D eigenvalue weighted by molar-refractivity contribution is 5.80. The number of ketones is 1. The number of hydrogen-bond donors (Lipinski definition) is 2. The maximum absolute atomic E-state index is 11.3. The van der Waals surface area contributed by atoms with Crippen LogP contribution in [0.5, 0.6) is 5.75 Å². The number of carbonyl (C=O) groups excluding carboxylic acids is 1. The standard InChI is InChI=1S/C16H28O.C14H18O.C7H12O.C6H14.C5H10.C4H10.C3H8.3C2H6.CH4O/c1-5-7-12-16(4,6-2)15-10-8-14(9-11-15)13(3)17;1-6-12-7-9-13(10-8-12)15-11(2)14(3,4)5;1-4-6(3)7(8)5-2;1-5-6(2,3)4;1-4-5(2)3;1-3-4-2;1-3-2;4*1-2/h8,10,14-15H,5-7,9,11-12H2,1-4H3;1,7-11H,2-5H3;4-5,8H,1-3H3;5H2,1-4H3;2,4H2,1,3H3;3-4H2,1-2H3;3H2,1-2H3;3*1-2H3;2H,1H3/b;;6-4+,7-5-;;;;;;;;/t14?,15?,16-;11-;;;;;;;;;/m00........./s1. The third kappa shape index (κ3) is 59.0. The minimum absolute atomic E-state index is 0.144. The minimum atomic E-state index is 0.144. The molecule has 0 aliphatic heterocycles. The minimum Gasteiger partial charge on any atom is -0.508 e. The van der Waals surface area contributed by atoms with E-state index in [1.807, 2.05) is 99.6 Å². The highest BCUT2D eigenvalue weighted by Gasteiger charge is 2.33. The van der Waals surface area contributed by atoms with Crippen molar-refractivity contribution in [1.82, 2.24) is 0 Å². The quantitative estimate of drug-likeness (QED) is 0.100. The Balaban J connectivity index is -0.0000000858. The van der Waals surface area contributed by atoms with Gasteiger partial charge in [0, 0.05) is 18.6 Å². The molecule has 4 atom stereocenters. The van der Waals surface area contributed by atoms with Crippen molar-refractivity contribution < 1.29 is 19.7 Å². The van der Waals surface area contributed by atoms with Gasteiger partial charge in [-0.15, -0.1) is 13.0 Å². The Hall–Kier alpha value is -3.03. The lowest BCUT2D eigenvalue weighted by Gasteiger charge is -2.38. The van der Waals surface area contributed by atoms with Crippen LogP contribution in [0.25, 0.3) is 0 Å². The molecular formula is C62H122O4. The Morgan fingerprint density at radius 2 is 1.18 bits per heavy atom. The average molecular weight is 932 g/mol. The smallest absolute Gasteiger partial charge is 0.136 e. The van der Waals surface area contributed by atoms with E-state index in [4.69, 9.17) is 21.4 Å². The molecule has 0 heterocycles. The van der Waals surface area contributed by atoms with Gasteiger partial charge < -0.3 is 14.9 Å². The molecule has 1 aliphatic carbocycles. The lowest BCUT2D eigenvalue weighted by Crippen LogP contribution is -2.29. The van der Waals surface area contributed by atoms with Crippen molar-refractivity contribution in [2.75, 3.05) is 7.11 Å². The lowest BCUT2D eigenvalue weighted by molar-refractivity contribution is -0.119. The Morgan fingerprint density at radius 1 is 0.773 bits per heavy atom. The number of terminal acetylenes is 1. The van der Waals surface area contributed by atoms with Gasteiger partial charge >= 0.3 is 0 Å². The summed E-state index contributed by atoms with van der Waals surface area (Å²) >= 11 is 0.